The first-order valence-corrected chi connectivity index (χ1v) is 9.17. The van der Waals surface area contributed by atoms with Crippen molar-refractivity contribution in [1.82, 2.24) is 5.32 Å². The molecule has 10 nitrogen and oxygen atoms in total. The maximum Gasteiger partial charge on any atom is 0.305 e. The molecule has 0 fully saturated rings. The van der Waals surface area contributed by atoms with Gasteiger partial charge in [0.2, 0.25) is 5.91 Å². The van der Waals surface area contributed by atoms with E-state index in [1.807, 2.05) is 0 Å². The van der Waals surface area contributed by atoms with Crippen LogP contribution in [0.15, 0.2) is 35.2 Å². The number of phenols is 1. The maximum atomic E-state index is 12.3. The predicted molar refractivity (Wildman–Crippen MR) is 95.2 cm³/mol. The average molecular weight is 398 g/mol. The molecule has 6 N–H and O–H groups in total. The highest BCUT2D eigenvalue weighted by atomic mass is 32.2. The molecule has 0 bridgehead atoms. The number of aliphatic hydroxyl groups is 1. The molecule has 0 aliphatic rings. The number of fused-ring (bicyclic) bond motifs is 1. The molecule has 0 aliphatic carbocycles. The van der Waals surface area contributed by atoms with E-state index in [2.05, 4.69) is 10.6 Å². The Bertz CT molecular complexity index is 974. The molecule has 1 amide bonds. The predicted octanol–water partition coefficient (Wildman–Crippen LogP) is 0.156. The van der Waals surface area contributed by atoms with E-state index in [0.29, 0.717) is 5.39 Å². The zero-order chi connectivity index (χ0) is 20.2. The van der Waals surface area contributed by atoms with Crippen molar-refractivity contribution in [1.29, 1.82) is 0 Å². The van der Waals surface area contributed by atoms with Gasteiger partial charge in [-0.3, -0.25) is 14.1 Å². The van der Waals surface area contributed by atoms with Gasteiger partial charge in [-0.25, -0.2) is 0 Å². The van der Waals surface area contributed by atoms with Gasteiger partial charge in [0.1, 0.15) is 5.75 Å². The Morgan fingerprint density at radius 1 is 1.15 bits per heavy atom. The third-order valence-electron chi connectivity index (χ3n) is 3.67. The highest BCUT2D eigenvalue weighted by molar-refractivity contribution is 7.85. The SMILES string of the molecule is O=C(O)CC(NCCO)C(=O)Nc1ccc2cc(S(=O)(=O)O)cc(O)c2c1. The first-order chi connectivity index (χ1) is 12.6. The number of carboxylic acid groups (broad SMARTS) is 1. The van der Waals surface area contributed by atoms with Crippen LogP contribution in [0.4, 0.5) is 5.69 Å². The van der Waals surface area contributed by atoms with Gasteiger partial charge in [-0.05, 0) is 23.6 Å². The lowest BCUT2D eigenvalue weighted by Gasteiger charge is -2.16. The van der Waals surface area contributed by atoms with E-state index in [0.717, 1.165) is 12.1 Å². The summed E-state index contributed by atoms with van der Waals surface area (Å²) in [5.41, 5.74) is 0.239. The number of rotatable bonds is 8. The molecule has 0 heterocycles. The molecule has 0 aliphatic heterocycles. The van der Waals surface area contributed by atoms with Crippen molar-refractivity contribution in [3.63, 3.8) is 0 Å². The van der Waals surface area contributed by atoms with Crippen molar-refractivity contribution in [2.45, 2.75) is 17.4 Å². The van der Waals surface area contributed by atoms with Crippen molar-refractivity contribution in [2.24, 2.45) is 0 Å². The Morgan fingerprint density at radius 3 is 2.44 bits per heavy atom. The largest absolute Gasteiger partial charge is 0.507 e. The Labute approximate surface area is 154 Å². The summed E-state index contributed by atoms with van der Waals surface area (Å²) in [6.45, 7) is -0.244. The Kier molecular flexibility index (Phi) is 6.33. The topological polar surface area (TPSA) is 173 Å². The number of carbonyl (C=O) groups is 2. The highest BCUT2D eigenvalue weighted by Gasteiger charge is 2.21. The van der Waals surface area contributed by atoms with Gasteiger partial charge in [-0.1, -0.05) is 6.07 Å². The molecule has 27 heavy (non-hydrogen) atoms. The first-order valence-electron chi connectivity index (χ1n) is 7.73. The number of benzene rings is 2. The second-order valence-corrected chi connectivity index (χ2v) is 7.09. The Hall–Kier alpha value is -2.73. The molecule has 146 valence electrons. The summed E-state index contributed by atoms with van der Waals surface area (Å²) in [4.78, 5) is 22.7. The van der Waals surface area contributed by atoms with Crippen molar-refractivity contribution in [2.75, 3.05) is 18.5 Å². The molecule has 2 aromatic carbocycles. The van der Waals surface area contributed by atoms with E-state index in [1.54, 1.807) is 0 Å². The number of amides is 1. The number of carbonyl (C=O) groups excluding carboxylic acids is 1. The minimum Gasteiger partial charge on any atom is -0.507 e. The molecule has 11 heteroatoms. The minimum atomic E-state index is -4.49. The number of aliphatic carboxylic acids is 1. The summed E-state index contributed by atoms with van der Waals surface area (Å²) < 4.78 is 31.5. The monoisotopic (exact) mass is 398 g/mol. The van der Waals surface area contributed by atoms with E-state index >= 15 is 0 Å². The molecule has 1 unspecified atom stereocenters. The number of carboxylic acids is 1. The summed E-state index contributed by atoms with van der Waals surface area (Å²) in [5, 5.41) is 33.3. The van der Waals surface area contributed by atoms with Crippen molar-refractivity contribution in [3.8, 4) is 5.75 Å². The van der Waals surface area contributed by atoms with Crippen LogP contribution in [0.1, 0.15) is 6.42 Å². The van der Waals surface area contributed by atoms with Crippen LogP contribution in [0.5, 0.6) is 5.75 Å². The number of phenolic OH excluding ortho intramolecular Hbond substituents is 1. The van der Waals surface area contributed by atoms with Gasteiger partial charge in [-0.15, -0.1) is 0 Å². The lowest BCUT2D eigenvalue weighted by molar-refractivity contribution is -0.139. The number of aromatic hydroxyl groups is 1. The van der Waals surface area contributed by atoms with Gasteiger partial charge in [0, 0.05) is 23.7 Å². The summed E-state index contributed by atoms with van der Waals surface area (Å²) in [6.07, 6.45) is -0.498. The van der Waals surface area contributed by atoms with Gasteiger partial charge in [-0.2, -0.15) is 8.42 Å². The van der Waals surface area contributed by atoms with Crippen LogP contribution in [0.25, 0.3) is 10.8 Å². The fraction of sp³-hybridized carbons (Fsp3) is 0.250. The molecule has 2 aromatic rings. The average Bonchev–Trinajstić information content (AvgIpc) is 2.57. The Balaban J connectivity index is 2.29. The van der Waals surface area contributed by atoms with E-state index in [1.165, 1.54) is 18.2 Å². The number of hydrogen-bond acceptors (Lipinski definition) is 7. The lowest BCUT2D eigenvalue weighted by atomic mass is 10.1. The van der Waals surface area contributed by atoms with E-state index in [9.17, 15) is 23.1 Å². The highest BCUT2D eigenvalue weighted by Crippen LogP contribution is 2.30. The second kappa shape index (κ2) is 8.31. The van der Waals surface area contributed by atoms with Crippen molar-refractivity contribution >= 4 is 38.5 Å². The van der Waals surface area contributed by atoms with Crippen LogP contribution in [0.2, 0.25) is 0 Å². The zero-order valence-electron chi connectivity index (χ0n) is 13.9. The number of hydrogen-bond donors (Lipinski definition) is 6. The fourth-order valence-corrected chi connectivity index (χ4v) is 2.97. The summed E-state index contributed by atoms with van der Waals surface area (Å²) in [6, 6.07) is 5.18. The standard InChI is InChI=1S/C16H18N2O8S/c19-4-3-17-13(8-15(21)22)16(23)18-10-2-1-9-5-11(27(24,25)26)7-14(20)12(9)6-10/h1-2,5-7,13,17,19-20H,3-4,8H2,(H,18,23)(H,21,22)(H,24,25,26). The van der Waals surface area contributed by atoms with Gasteiger partial charge in [0.05, 0.1) is 24.0 Å². The number of nitrogens with one attached hydrogen (secondary N) is 2. The molecule has 0 aromatic heterocycles. The molecule has 1 atom stereocenters. The molecule has 0 spiro atoms. The van der Waals surface area contributed by atoms with Crippen molar-refractivity contribution in [3.05, 3.63) is 30.3 Å². The van der Waals surface area contributed by atoms with Crippen LogP contribution in [-0.2, 0) is 19.7 Å². The van der Waals surface area contributed by atoms with Gasteiger partial charge < -0.3 is 26.0 Å². The van der Waals surface area contributed by atoms with Crippen LogP contribution < -0.4 is 10.6 Å². The normalized spacial score (nSPS) is 12.7. The molecular weight excluding hydrogens is 380 g/mol. The maximum absolute atomic E-state index is 12.3. The smallest absolute Gasteiger partial charge is 0.305 e. The van der Waals surface area contributed by atoms with Crippen LogP contribution in [-0.4, -0.2) is 59.4 Å². The van der Waals surface area contributed by atoms with Gasteiger partial charge in [0.15, 0.2) is 0 Å². The zero-order valence-corrected chi connectivity index (χ0v) is 14.7. The summed E-state index contributed by atoms with van der Waals surface area (Å²) in [5.74, 6) is -2.27. The number of anilines is 1. The molecule has 0 saturated carbocycles. The van der Waals surface area contributed by atoms with E-state index < -0.39 is 45.1 Å². The Morgan fingerprint density at radius 2 is 1.85 bits per heavy atom. The summed E-state index contributed by atoms with van der Waals surface area (Å²) in [7, 11) is -4.49. The second-order valence-electron chi connectivity index (χ2n) is 5.67. The third-order valence-corrected chi connectivity index (χ3v) is 4.50. The van der Waals surface area contributed by atoms with Crippen LogP contribution in [0.3, 0.4) is 0 Å². The fourth-order valence-electron chi connectivity index (χ4n) is 2.44. The lowest BCUT2D eigenvalue weighted by Crippen LogP contribution is -2.43. The van der Waals surface area contributed by atoms with Gasteiger partial charge in [0.25, 0.3) is 10.1 Å². The quantitative estimate of drug-likeness (QED) is 0.338. The molecular formula is C16H18N2O8S. The molecule has 2 rings (SSSR count). The van der Waals surface area contributed by atoms with E-state index in [-0.39, 0.29) is 24.2 Å². The van der Waals surface area contributed by atoms with E-state index in [4.69, 9.17) is 14.8 Å². The van der Waals surface area contributed by atoms with Crippen molar-refractivity contribution < 1.29 is 37.9 Å². The van der Waals surface area contributed by atoms with Gasteiger partial charge >= 0.3 is 5.97 Å². The third kappa shape index (κ3) is 5.37. The summed E-state index contributed by atoms with van der Waals surface area (Å²) >= 11 is 0. The molecule has 0 radical (unpaired) electrons. The molecule has 0 saturated heterocycles. The first kappa shape index (κ1) is 20.6. The van der Waals surface area contributed by atoms with Crippen LogP contribution >= 0.6 is 0 Å². The number of aliphatic hydroxyl groups excluding tert-OH is 1. The minimum absolute atomic E-state index is 0.0300. The van der Waals surface area contributed by atoms with Crippen LogP contribution in [0, 0.1) is 0 Å².